The number of fused-ring (bicyclic) bond motifs is 1. The topological polar surface area (TPSA) is 49.3 Å². The molecule has 1 aromatic rings. The summed E-state index contributed by atoms with van der Waals surface area (Å²) in [4.78, 5) is 14.4. The molecule has 1 amide bonds. The van der Waals surface area contributed by atoms with E-state index in [9.17, 15) is 4.79 Å². The van der Waals surface area contributed by atoms with Gasteiger partial charge in [-0.3, -0.25) is 4.79 Å². The Bertz CT molecular complexity index is 416. The fraction of sp³-hybridized carbons (Fsp3) is 0.688. The van der Waals surface area contributed by atoms with Gasteiger partial charge >= 0.3 is 0 Å². The number of hydrogen-bond donors (Lipinski definition) is 2. The van der Waals surface area contributed by atoms with Crippen LogP contribution in [0.2, 0.25) is 0 Å². The van der Waals surface area contributed by atoms with Crippen LogP contribution in [0.15, 0.2) is 6.07 Å². The Balaban J connectivity index is 1.94. The minimum Gasteiger partial charge on any atom is -0.396 e. The van der Waals surface area contributed by atoms with Crippen molar-refractivity contribution in [3.63, 3.8) is 0 Å². The van der Waals surface area contributed by atoms with Gasteiger partial charge in [-0.2, -0.15) is 0 Å². The number of aliphatic hydroxyl groups is 1. The van der Waals surface area contributed by atoms with Crippen molar-refractivity contribution < 1.29 is 9.90 Å². The molecule has 1 heterocycles. The molecule has 1 unspecified atom stereocenters. The predicted octanol–water partition coefficient (Wildman–Crippen LogP) is 3.16. The maximum atomic E-state index is 12.2. The highest BCUT2D eigenvalue weighted by Crippen LogP contribution is 2.28. The largest absolute Gasteiger partial charge is 0.396 e. The highest BCUT2D eigenvalue weighted by molar-refractivity contribution is 7.14. The van der Waals surface area contributed by atoms with Crippen LogP contribution in [0.1, 0.15) is 59.1 Å². The maximum absolute atomic E-state index is 12.2. The summed E-state index contributed by atoms with van der Waals surface area (Å²) in [5, 5.41) is 11.9. The lowest BCUT2D eigenvalue weighted by atomic mass is 10.00. The molecule has 1 atom stereocenters. The summed E-state index contributed by atoms with van der Waals surface area (Å²) in [6, 6.07) is 2.09. The van der Waals surface area contributed by atoms with E-state index in [-0.39, 0.29) is 12.5 Å². The number of thiophene rings is 1. The van der Waals surface area contributed by atoms with Crippen molar-refractivity contribution in [3.8, 4) is 0 Å². The fourth-order valence-corrected chi connectivity index (χ4v) is 3.80. The summed E-state index contributed by atoms with van der Waals surface area (Å²) in [6.45, 7) is 2.87. The van der Waals surface area contributed by atoms with Crippen molar-refractivity contribution in [2.75, 3.05) is 13.2 Å². The van der Waals surface area contributed by atoms with Crippen LogP contribution in [-0.4, -0.2) is 24.2 Å². The number of aryl methyl sites for hydroxylation is 2. The molecule has 112 valence electrons. The number of rotatable bonds is 5. The van der Waals surface area contributed by atoms with Gasteiger partial charge in [0.2, 0.25) is 0 Å². The third-order valence-corrected chi connectivity index (χ3v) is 5.19. The summed E-state index contributed by atoms with van der Waals surface area (Å²) in [6.07, 6.45) is 8.13. The van der Waals surface area contributed by atoms with Crippen LogP contribution in [0, 0.1) is 5.92 Å². The van der Waals surface area contributed by atoms with Crippen LogP contribution < -0.4 is 5.32 Å². The molecule has 0 spiro atoms. The van der Waals surface area contributed by atoms with E-state index in [0.717, 1.165) is 24.1 Å². The Labute approximate surface area is 125 Å². The quantitative estimate of drug-likeness (QED) is 0.876. The molecule has 20 heavy (non-hydrogen) atoms. The number of nitrogens with one attached hydrogen (secondary N) is 1. The summed E-state index contributed by atoms with van der Waals surface area (Å²) < 4.78 is 0. The number of amides is 1. The standard InChI is InChI=1S/C16H25NO2S/c1-12(8-9-18)11-17-16(19)15-10-13-6-4-2-3-5-7-14(13)20-15/h10,12,18H,2-9,11H2,1H3,(H,17,19). The number of carbonyl (C=O) groups is 1. The van der Waals surface area contributed by atoms with Crippen molar-refractivity contribution in [2.45, 2.75) is 51.9 Å². The molecule has 0 bridgehead atoms. The Morgan fingerprint density at radius 3 is 2.85 bits per heavy atom. The Morgan fingerprint density at radius 2 is 2.10 bits per heavy atom. The normalized spacial score (nSPS) is 16.9. The lowest BCUT2D eigenvalue weighted by Crippen LogP contribution is -2.28. The Kier molecular flexibility index (Phi) is 6.05. The van der Waals surface area contributed by atoms with E-state index in [0.29, 0.717) is 12.5 Å². The smallest absolute Gasteiger partial charge is 0.261 e. The fourth-order valence-electron chi connectivity index (χ4n) is 2.63. The molecule has 0 aliphatic heterocycles. The minimum absolute atomic E-state index is 0.0477. The van der Waals surface area contributed by atoms with E-state index in [1.165, 1.54) is 36.1 Å². The van der Waals surface area contributed by atoms with Gasteiger partial charge in [0.05, 0.1) is 4.88 Å². The molecule has 4 heteroatoms. The molecule has 1 aliphatic carbocycles. The number of aliphatic hydroxyl groups excluding tert-OH is 1. The summed E-state index contributed by atoms with van der Waals surface area (Å²) in [7, 11) is 0. The monoisotopic (exact) mass is 295 g/mol. The molecule has 3 nitrogen and oxygen atoms in total. The average molecular weight is 295 g/mol. The highest BCUT2D eigenvalue weighted by Gasteiger charge is 2.16. The lowest BCUT2D eigenvalue weighted by molar-refractivity contribution is 0.0949. The molecular weight excluding hydrogens is 270 g/mol. The minimum atomic E-state index is 0.0477. The average Bonchev–Trinajstić information content (AvgIpc) is 2.79. The molecule has 2 N–H and O–H groups in total. The van der Waals surface area contributed by atoms with Gasteiger partial charge in [0.25, 0.3) is 5.91 Å². The number of hydrogen-bond acceptors (Lipinski definition) is 3. The zero-order chi connectivity index (χ0) is 14.4. The Hall–Kier alpha value is -0.870. The van der Waals surface area contributed by atoms with Crippen molar-refractivity contribution in [3.05, 3.63) is 21.4 Å². The summed E-state index contributed by atoms with van der Waals surface area (Å²) >= 11 is 1.67. The molecule has 1 aliphatic rings. The first kappa shape index (κ1) is 15.5. The second-order valence-corrected chi connectivity index (χ2v) is 6.94. The first-order valence-corrected chi connectivity index (χ1v) is 8.53. The first-order chi connectivity index (χ1) is 9.70. The SMILES string of the molecule is CC(CCO)CNC(=O)c1cc2c(s1)CCCCCC2. The van der Waals surface area contributed by atoms with Gasteiger partial charge in [-0.05, 0) is 49.7 Å². The zero-order valence-corrected chi connectivity index (χ0v) is 13.1. The van der Waals surface area contributed by atoms with Gasteiger partial charge < -0.3 is 10.4 Å². The molecule has 0 saturated carbocycles. The zero-order valence-electron chi connectivity index (χ0n) is 12.3. The highest BCUT2D eigenvalue weighted by atomic mass is 32.1. The van der Waals surface area contributed by atoms with Gasteiger partial charge in [0, 0.05) is 18.0 Å². The van der Waals surface area contributed by atoms with E-state index in [4.69, 9.17) is 5.11 Å². The van der Waals surface area contributed by atoms with Gasteiger partial charge in [-0.25, -0.2) is 0 Å². The van der Waals surface area contributed by atoms with Crippen LogP contribution in [0.5, 0.6) is 0 Å². The van der Waals surface area contributed by atoms with Crippen LogP contribution in [0.4, 0.5) is 0 Å². The van der Waals surface area contributed by atoms with Gasteiger partial charge in [-0.1, -0.05) is 19.8 Å². The van der Waals surface area contributed by atoms with Crippen LogP contribution >= 0.6 is 11.3 Å². The number of carbonyl (C=O) groups excluding carboxylic acids is 1. The molecule has 2 rings (SSSR count). The molecular formula is C16H25NO2S. The van der Waals surface area contributed by atoms with Gasteiger partial charge in [0.15, 0.2) is 0 Å². The molecule has 0 radical (unpaired) electrons. The maximum Gasteiger partial charge on any atom is 0.261 e. The van der Waals surface area contributed by atoms with Gasteiger partial charge in [0.1, 0.15) is 0 Å². The van der Waals surface area contributed by atoms with E-state index < -0.39 is 0 Å². The molecule has 1 aromatic heterocycles. The summed E-state index contributed by atoms with van der Waals surface area (Å²) in [5.41, 5.74) is 1.39. The van der Waals surface area contributed by atoms with E-state index in [2.05, 4.69) is 11.4 Å². The van der Waals surface area contributed by atoms with Crippen molar-refractivity contribution in [2.24, 2.45) is 5.92 Å². The third-order valence-electron chi connectivity index (χ3n) is 3.95. The second-order valence-electron chi connectivity index (χ2n) is 5.80. The lowest BCUT2D eigenvalue weighted by Gasteiger charge is -2.10. The van der Waals surface area contributed by atoms with E-state index in [1.807, 2.05) is 6.92 Å². The third kappa shape index (κ3) is 4.32. The van der Waals surface area contributed by atoms with Crippen LogP contribution in [0.25, 0.3) is 0 Å². The van der Waals surface area contributed by atoms with E-state index >= 15 is 0 Å². The van der Waals surface area contributed by atoms with Crippen LogP contribution in [-0.2, 0) is 12.8 Å². The van der Waals surface area contributed by atoms with Crippen LogP contribution in [0.3, 0.4) is 0 Å². The molecule has 0 saturated heterocycles. The molecule has 0 aromatic carbocycles. The molecule has 0 fully saturated rings. The second kappa shape index (κ2) is 7.79. The van der Waals surface area contributed by atoms with Crippen molar-refractivity contribution in [1.29, 1.82) is 0 Å². The van der Waals surface area contributed by atoms with Crippen molar-refractivity contribution >= 4 is 17.2 Å². The Morgan fingerprint density at radius 1 is 1.35 bits per heavy atom. The summed E-state index contributed by atoms with van der Waals surface area (Å²) in [5.74, 6) is 0.372. The van der Waals surface area contributed by atoms with Crippen molar-refractivity contribution in [1.82, 2.24) is 5.32 Å². The first-order valence-electron chi connectivity index (χ1n) is 7.71. The van der Waals surface area contributed by atoms with Gasteiger partial charge in [-0.15, -0.1) is 11.3 Å². The predicted molar refractivity (Wildman–Crippen MR) is 83.4 cm³/mol. The van der Waals surface area contributed by atoms with E-state index in [1.54, 1.807) is 11.3 Å².